The topological polar surface area (TPSA) is 27.0 Å². The molecule has 1 saturated heterocycles. The minimum Gasteiger partial charge on any atom is -0.284 e. The third kappa shape index (κ3) is 2.40. The molecule has 0 spiro atoms. The fourth-order valence-corrected chi connectivity index (χ4v) is 2.17. The van der Waals surface area contributed by atoms with Crippen LogP contribution in [-0.4, -0.2) is 17.5 Å². The van der Waals surface area contributed by atoms with Crippen molar-refractivity contribution in [3.8, 4) is 6.07 Å². The first-order valence-corrected chi connectivity index (χ1v) is 5.68. The van der Waals surface area contributed by atoms with Crippen molar-refractivity contribution in [2.45, 2.75) is 31.8 Å². The minimum atomic E-state index is -0.176. The number of hydrogen-bond acceptors (Lipinski definition) is 2. The highest BCUT2D eigenvalue weighted by Gasteiger charge is 2.22. The maximum absolute atomic E-state index is 13.5. The molecule has 1 fully saturated rings. The van der Waals surface area contributed by atoms with Gasteiger partial charge in [-0.15, -0.1) is 0 Å². The summed E-state index contributed by atoms with van der Waals surface area (Å²) in [5, 5.41) is 9.02. The van der Waals surface area contributed by atoms with Crippen molar-refractivity contribution in [2.24, 2.45) is 0 Å². The Kier molecular flexibility index (Phi) is 3.53. The molecular weight excluding hydrogens is 203 g/mol. The average Bonchev–Trinajstić information content (AvgIpc) is 2.33. The molecule has 2 nitrogen and oxygen atoms in total. The molecule has 1 aromatic carbocycles. The van der Waals surface area contributed by atoms with Crippen molar-refractivity contribution in [2.75, 3.05) is 6.54 Å². The van der Waals surface area contributed by atoms with E-state index in [0.29, 0.717) is 12.1 Å². The van der Waals surface area contributed by atoms with Crippen molar-refractivity contribution in [1.29, 1.82) is 5.26 Å². The van der Waals surface area contributed by atoms with Gasteiger partial charge in [0.25, 0.3) is 0 Å². The second kappa shape index (κ2) is 5.09. The van der Waals surface area contributed by atoms with Gasteiger partial charge in [0, 0.05) is 12.1 Å². The molecule has 84 valence electrons. The first-order chi connectivity index (χ1) is 7.81. The lowest BCUT2D eigenvalue weighted by atomic mass is 10.0. The number of hydrogen-bond donors (Lipinski definition) is 0. The standard InChI is InChI=1S/C13H15FN2/c14-13-7-2-1-5-11(13)10-16-8-4-3-6-12(16)9-15/h1-2,5,7,12H,3-4,6,8,10H2. The maximum Gasteiger partial charge on any atom is 0.127 e. The SMILES string of the molecule is N#CC1CCCCN1Cc1ccccc1F. The van der Waals surface area contributed by atoms with E-state index < -0.39 is 0 Å². The van der Waals surface area contributed by atoms with Crippen LogP contribution in [0.4, 0.5) is 4.39 Å². The molecule has 0 radical (unpaired) electrons. The Morgan fingerprint density at radius 3 is 2.94 bits per heavy atom. The summed E-state index contributed by atoms with van der Waals surface area (Å²) in [7, 11) is 0. The zero-order valence-corrected chi connectivity index (χ0v) is 9.19. The summed E-state index contributed by atoms with van der Waals surface area (Å²) in [6.07, 6.45) is 3.11. The Labute approximate surface area is 95.3 Å². The molecule has 3 heteroatoms. The summed E-state index contributed by atoms with van der Waals surface area (Å²) in [6, 6.07) is 9.04. The van der Waals surface area contributed by atoms with E-state index in [4.69, 9.17) is 5.26 Å². The number of likely N-dealkylation sites (tertiary alicyclic amines) is 1. The summed E-state index contributed by atoms with van der Waals surface area (Å²) >= 11 is 0. The van der Waals surface area contributed by atoms with Gasteiger partial charge >= 0.3 is 0 Å². The maximum atomic E-state index is 13.5. The lowest BCUT2D eigenvalue weighted by molar-refractivity contribution is 0.174. The highest BCUT2D eigenvalue weighted by molar-refractivity contribution is 5.17. The van der Waals surface area contributed by atoms with Crippen LogP contribution >= 0.6 is 0 Å². The number of rotatable bonds is 2. The molecule has 1 aliphatic rings. The Hall–Kier alpha value is -1.40. The number of halogens is 1. The van der Waals surface area contributed by atoms with Gasteiger partial charge in [0.15, 0.2) is 0 Å². The van der Waals surface area contributed by atoms with E-state index in [-0.39, 0.29) is 11.9 Å². The molecule has 0 N–H and O–H groups in total. The van der Waals surface area contributed by atoms with Crippen LogP contribution in [0.2, 0.25) is 0 Å². The van der Waals surface area contributed by atoms with Gasteiger partial charge in [0.2, 0.25) is 0 Å². The van der Waals surface area contributed by atoms with Gasteiger partial charge < -0.3 is 0 Å². The smallest absolute Gasteiger partial charge is 0.127 e. The van der Waals surface area contributed by atoms with Gasteiger partial charge in [0.1, 0.15) is 5.82 Å². The van der Waals surface area contributed by atoms with E-state index in [1.165, 1.54) is 6.07 Å². The third-order valence-corrected chi connectivity index (χ3v) is 3.09. The van der Waals surface area contributed by atoms with Gasteiger partial charge in [-0.3, -0.25) is 4.90 Å². The van der Waals surface area contributed by atoms with Gasteiger partial charge in [0.05, 0.1) is 12.1 Å². The summed E-state index contributed by atoms with van der Waals surface area (Å²) in [5.41, 5.74) is 0.685. The van der Waals surface area contributed by atoms with Crippen LogP contribution in [0.5, 0.6) is 0 Å². The van der Waals surface area contributed by atoms with Crippen molar-refractivity contribution < 1.29 is 4.39 Å². The van der Waals surface area contributed by atoms with Gasteiger partial charge in [-0.1, -0.05) is 18.2 Å². The van der Waals surface area contributed by atoms with Crippen LogP contribution in [0.15, 0.2) is 24.3 Å². The van der Waals surface area contributed by atoms with Crippen molar-refractivity contribution in [1.82, 2.24) is 4.90 Å². The van der Waals surface area contributed by atoms with Crippen LogP contribution in [0.1, 0.15) is 24.8 Å². The molecule has 0 aromatic heterocycles. The zero-order valence-electron chi connectivity index (χ0n) is 9.19. The predicted molar refractivity (Wildman–Crippen MR) is 60.1 cm³/mol. The average molecular weight is 218 g/mol. The second-order valence-corrected chi connectivity index (χ2v) is 4.20. The second-order valence-electron chi connectivity index (χ2n) is 4.20. The monoisotopic (exact) mass is 218 g/mol. The van der Waals surface area contributed by atoms with Crippen LogP contribution in [-0.2, 0) is 6.54 Å². The molecular formula is C13H15FN2. The van der Waals surface area contributed by atoms with Crippen molar-refractivity contribution in [3.63, 3.8) is 0 Å². The zero-order chi connectivity index (χ0) is 11.4. The molecule has 16 heavy (non-hydrogen) atoms. The van der Waals surface area contributed by atoms with E-state index in [1.54, 1.807) is 12.1 Å². The van der Waals surface area contributed by atoms with Gasteiger partial charge in [-0.25, -0.2) is 4.39 Å². The van der Waals surface area contributed by atoms with E-state index in [2.05, 4.69) is 11.0 Å². The fourth-order valence-electron chi connectivity index (χ4n) is 2.17. The molecule has 1 unspecified atom stereocenters. The highest BCUT2D eigenvalue weighted by atomic mass is 19.1. The molecule has 0 aliphatic carbocycles. The Balaban J connectivity index is 2.09. The number of nitriles is 1. The quantitative estimate of drug-likeness (QED) is 0.763. The van der Waals surface area contributed by atoms with Crippen LogP contribution < -0.4 is 0 Å². The Morgan fingerprint density at radius 2 is 2.19 bits per heavy atom. The highest BCUT2D eigenvalue weighted by Crippen LogP contribution is 2.20. The largest absolute Gasteiger partial charge is 0.284 e. The van der Waals surface area contributed by atoms with E-state index in [0.717, 1.165) is 25.8 Å². The fraction of sp³-hybridized carbons (Fsp3) is 0.462. The first kappa shape index (κ1) is 11.1. The van der Waals surface area contributed by atoms with Crippen LogP contribution in [0, 0.1) is 17.1 Å². The number of piperidine rings is 1. The van der Waals surface area contributed by atoms with E-state index in [1.807, 2.05) is 6.07 Å². The normalized spacial score (nSPS) is 21.6. The summed E-state index contributed by atoms with van der Waals surface area (Å²) < 4.78 is 13.5. The number of nitrogens with zero attached hydrogens (tertiary/aromatic N) is 2. The van der Waals surface area contributed by atoms with Gasteiger partial charge in [-0.2, -0.15) is 5.26 Å². The van der Waals surface area contributed by atoms with E-state index in [9.17, 15) is 4.39 Å². The molecule has 0 saturated carbocycles. The minimum absolute atomic E-state index is 0.0478. The third-order valence-electron chi connectivity index (χ3n) is 3.09. The predicted octanol–water partition coefficient (Wildman–Crippen LogP) is 2.70. The summed E-state index contributed by atoms with van der Waals surface area (Å²) in [6.45, 7) is 1.44. The molecule has 1 atom stereocenters. The van der Waals surface area contributed by atoms with E-state index >= 15 is 0 Å². The van der Waals surface area contributed by atoms with Crippen molar-refractivity contribution >= 4 is 0 Å². The summed E-state index contributed by atoms with van der Waals surface area (Å²) in [5.74, 6) is -0.176. The molecule has 0 amide bonds. The first-order valence-electron chi connectivity index (χ1n) is 5.68. The molecule has 1 aliphatic heterocycles. The molecule has 0 bridgehead atoms. The van der Waals surface area contributed by atoms with Crippen LogP contribution in [0.25, 0.3) is 0 Å². The molecule has 1 aromatic rings. The van der Waals surface area contributed by atoms with Crippen molar-refractivity contribution in [3.05, 3.63) is 35.6 Å². The molecule has 2 rings (SSSR count). The number of benzene rings is 1. The lowest BCUT2D eigenvalue weighted by Gasteiger charge is -2.31. The molecule has 1 heterocycles. The Morgan fingerprint density at radius 1 is 1.38 bits per heavy atom. The Bertz CT molecular complexity index is 397. The summed E-state index contributed by atoms with van der Waals surface area (Å²) in [4.78, 5) is 2.07. The van der Waals surface area contributed by atoms with Crippen LogP contribution in [0.3, 0.4) is 0 Å². The van der Waals surface area contributed by atoms with Gasteiger partial charge in [-0.05, 0) is 31.9 Å². The lowest BCUT2D eigenvalue weighted by Crippen LogP contribution is -2.38.